The van der Waals surface area contributed by atoms with Gasteiger partial charge in [-0.3, -0.25) is 4.79 Å². The predicted molar refractivity (Wildman–Crippen MR) is 111 cm³/mol. The van der Waals surface area contributed by atoms with E-state index >= 15 is 0 Å². The van der Waals surface area contributed by atoms with Gasteiger partial charge in [-0.2, -0.15) is 13.2 Å². The van der Waals surface area contributed by atoms with Crippen molar-refractivity contribution >= 4 is 5.91 Å². The minimum atomic E-state index is -4.37. The van der Waals surface area contributed by atoms with E-state index in [0.717, 1.165) is 25.7 Å². The number of hydrogen-bond acceptors (Lipinski definition) is 2. The van der Waals surface area contributed by atoms with Gasteiger partial charge in [-0.25, -0.2) is 0 Å². The number of carbonyl (C=O) groups is 1. The molecule has 0 radical (unpaired) electrons. The van der Waals surface area contributed by atoms with Gasteiger partial charge in [0.05, 0.1) is 5.92 Å². The summed E-state index contributed by atoms with van der Waals surface area (Å²) >= 11 is 0. The minimum absolute atomic E-state index is 0.0676. The van der Waals surface area contributed by atoms with Crippen molar-refractivity contribution in [1.29, 1.82) is 0 Å². The molecule has 4 rings (SSSR count). The number of hydrogen-bond donors (Lipinski definition) is 1. The number of amides is 1. The number of halogens is 3. The number of fused-ring (bicyclic) bond motifs is 2. The first-order valence-corrected chi connectivity index (χ1v) is 11.2. The van der Waals surface area contributed by atoms with Crippen LogP contribution in [0.5, 0.6) is 0 Å². The van der Waals surface area contributed by atoms with E-state index in [2.05, 4.69) is 19.1 Å². The minimum Gasteiger partial charge on any atom is -0.341 e. The summed E-state index contributed by atoms with van der Waals surface area (Å²) in [4.78, 5) is 15.1. The molecule has 3 nitrogen and oxygen atoms in total. The number of likely N-dealkylation sites (tertiary alicyclic amines) is 1. The highest BCUT2D eigenvalue weighted by molar-refractivity contribution is 5.83. The molecule has 1 saturated heterocycles. The maximum Gasteiger partial charge on any atom is 0.394 e. The molecule has 0 spiro atoms. The zero-order valence-corrected chi connectivity index (χ0v) is 17.9. The summed E-state index contributed by atoms with van der Waals surface area (Å²) < 4.78 is 40.4. The van der Waals surface area contributed by atoms with E-state index in [1.165, 1.54) is 10.5 Å². The summed E-state index contributed by atoms with van der Waals surface area (Å²) in [6.07, 6.45) is 0.506. The summed E-state index contributed by atoms with van der Waals surface area (Å²) in [6.45, 7) is 4.29. The lowest BCUT2D eigenvalue weighted by atomic mass is 9.50. The molecule has 166 valence electrons. The van der Waals surface area contributed by atoms with Crippen LogP contribution in [0.1, 0.15) is 57.9 Å². The zero-order valence-electron chi connectivity index (χ0n) is 17.9. The Balaban J connectivity index is 1.61. The van der Waals surface area contributed by atoms with Crippen LogP contribution in [0.15, 0.2) is 30.3 Å². The molecule has 1 aliphatic heterocycles. The van der Waals surface area contributed by atoms with Crippen molar-refractivity contribution in [2.45, 2.75) is 70.0 Å². The molecule has 2 saturated carbocycles. The Hall–Kier alpha value is -1.56. The lowest BCUT2D eigenvalue weighted by molar-refractivity contribution is -0.194. The van der Waals surface area contributed by atoms with Gasteiger partial charge in [-0.1, -0.05) is 44.2 Å². The number of rotatable bonds is 2. The molecule has 1 amide bonds. The van der Waals surface area contributed by atoms with Crippen LogP contribution in [0.25, 0.3) is 0 Å². The zero-order chi connectivity index (χ0) is 21.7. The molecule has 6 unspecified atom stereocenters. The smallest absolute Gasteiger partial charge is 0.341 e. The van der Waals surface area contributed by atoms with Gasteiger partial charge in [0.1, 0.15) is 0 Å². The van der Waals surface area contributed by atoms with Crippen LogP contribution in [0.3, 0.4) is 0 Å². The summed E-state index contributed by atoms with van der Waals surface area (Å²) in [6, 6.07) is 9.49. The summed E-state index contributed by atoms with van der Waals surface area (Å²) in [5.74, 6) is -0.721. The second-order valence-corrected chi connectivity index (χ2v) is 10.6. The number of alkyl halides is 3. The topological polar surface area (TPSA) is 46.3 Å². The normalized spacial score (nSPS) is 39.6. The third-order valence-corrected chi connectivity index (χ3v) is 7.90. The monoisotopic (exact) mass is 422 g/mol. The molecule has 0 aromatic heterocycles. The van der Waals surface area contributed by atoms with Gasteiger partial charge < -0.3 is 10.6 Å². The van der Waals surface area contributed by atoms with Gasteiger partial charge in [0, 0.05) is 24.5 Å². The van der Waals surface area contributed by atoms with Gasteiger partial charge >= 0.3 is 6.18 Å². The van der Waals surface area contributed by atoms with Gasteiger partial charge in [0.15, 0.2) is 0 Å². The second kappa shape index (κ2) is 7.54. The van der Waals surface area contributed by atoms with Crippen LogP contribution in [-0.4, -0.2) is 36.1 Å². The van der Waals surface area contributed by atoms with Gasteiger partial charge in [-0.05, 0) is 61.3 Å². The predicted octanol–water partition coefficient (Wildman–Crippen LogP) is 4.90. The van der Waals surface area contributed by atoms with Crippen molar-refractivity contribution in [2.75, 3.05) is 13.1 Å². The number of nitrogens with two attached hydrogens (primary N) is 1. The number of benzene rings is 1. The highest BCUT2D eigenvalue weighted by Gasteiger charge is 2.55. The summed E-state index contributed by atoms with van der Waals surface area (Å²) in [7, 11) is 0. The molecule has 3 aliphatic rings. The van der Waals surface area contributed by atoms with Crippen LogP contribution >= 0.6 is 0 Å². The Morgan fingerprint density at radius 3 is 2.53 bits per heavy atom. The van der Waals surface area contributed by atoms with Crippen molar-refractivity contribution in [2.24, 2.45) is 28.9 Å². The van der Waals surface area contributed by atoms with Crippen LogP contribution in [0.4, 0.5) is 13.2 Å². The Morgan fingerprint density at radius 2 is 1.87 bits per heavy atom. The van der Waals surface area contributed by atoms with Crippen LogP contribution < -0.4 is 5.73 Å². The fourth-order valence-corrected chi connectivity index (χ4v) is 6.97. The lowest BCUT2D eigenvalue weighted by Crippen LogP contribution is -2.58. The molecule has 30 heavy (non-hydrogen) atoms. The molecule has 6 atom stereocenters. The number of piperidine rings is 1. The van der Waals surface area contributed by atoms with Gasteiger partial charge in [0.2, 0.25) is 5.91 Å². The van der Waals surface area contributed by atoms with E-state index in [-0.39, 0.29) is 24.3 Å². The van der Waals surface area contributed by atoms with E-state index in [1.54, 1.807) is 0 Å². The molecular weight excluding hydrogens is 389 g/mol. The van der Waals surface area contributed by atoms with Crippen molar-refractivity contribution in [3.63, 3.8) is 0 Å². The number of carbonyl (C=O) groups excluding carboxylic acids is 1. The molecule has 1 aromatic carbocycles. The molecular formula is C24H33F3N2O. The van der Waals surface area contributed by atoms with E-state index < -0.39 is 23.6 Å². The molecule has 2 N–H and O–H groups in total. The Morgan fingerprint density at radius 1 is 1.17 bits per heavy atom. The van der Waals surface area contributed by atoms with Crippen molar-refractivity contribution in [1.82, 2.24) is 4.90 Å². The summed E-state index contributed by atoms with van der Waals surface area (Å²) in [5.41, 5.74) is 6.34. The molecule has 2 aliphatic carbocycles. The average Bonchev–Trinajstić information content (AvgIpc) is 2.66. The van der Waals surface area contributed by atoms with E-state index in [1.807, 2.05) is 25.1 Å². The fourth-order valence-electron chi connectivity index (χ4n) is 6.97. The van der Waals surface area contributed by atoms with Crippen molar-refractivity contribution < 1.29 is 18.0 Å². The first-order valence-electron chi connectivity index (χ1n) is 11.2. The molecule has 1 aromatic rings. The highest BCUT2D eigenvalue weighted by atomic mass is 19.4. The first kappa shape index (κ1) is 21.7. The SMILES string of the molecule is CC1CC2CC(C)(C(=O)N3CCC(N)C(C(F)(F)F)C3)CC(c3ccccc3)(C1)C2. The number of nitrogens with zero attached hydrogens (tertiary/aromatic N) is 1. The van der Waals surface area contributed by atoms with E-state index in [4.69, 9.17) is 5.73 Å². The van der Waals surface area contributed by atoms with Gasteiger partial charge in [0.25, 0.3) is 0 Å². The maximum atomic E-state index is 13.7. The van der Waals surface area contributed by atoms with Crippen LogP contribution in [0.2, 0.25) is 0 Å². The van der Waals surface area contributed by atoms with Crippen LogP contribution in [-0.2, 0) is 10.2 Å². The quantitative estimate of drug-likeness (QED) is 0.737. The Labute approximate surface area is 177 Å². The fraction of sp³-hybridized carbons (Fsp3) is 0.708. The Bertz CT molecular complexity index is 778. The van der Waals surface area contributed by atoms with E-state index in [0.29, 0.717) is 24.8 Å². The lowest BCUT2D eigenvalue weighted by Gasteiger charge is -2.55. The molecule has 3 fully saturated rings. The molecule has 6 heteroatoms. The molecule has 2 bridgehead atoms. The first-order chi connectivity index (χ1) is 14.0. The highest BCUT2D eigenvalue weighted by Crippen LogP contribution is 2.58. The maximum absolute atomic E-state index is 13.7. The average molecular weight is 423 g/mol. The second-order valence-electron chi connectivity index (χ2n) is 10.6. The van der Waals surface area contributed by atoms with Crippen molar-refractivity contribution in [3.8, 4) is 0 Å². The third kappa shape index (κ3) is 3.88. The Kier molecular flexibility index (Phi) is 5.44. The third-order valence-electron chi connectivity index (χ3n) is 7.90. The van der Waals surface area contributed by atoms with E-state index in [9.17, 15) is 18.0 Å². The van der Waals surface area contributed by atoms with Gasteiger partial charge in [-0.15, -0.1) is 0 Å². The van der Waals surface area contributed by atoms with Crippen molar-refractivity contribution in [3.05, 3.63) is 35.9 Å². The standard InChI is InChI=1S/C24H33F3N2O/c1-16-10-17-12-22(2,15-23(11-16,13-17)18-6-4-3-5-7-18)21(30)29-9-8-20(28)19(14-29)24(25,26)27/h3-7,16-17,19-20H,8-15,28H2,1-2H3. The van der Waals surface area contributed by atoms with Crippen LogP contribution in [0, 0.1) is 23.2 Å². The summed E-state index contributed by atoms with van der Waals surface area (Å²) in [5, 5.41) is 0. The molecule has 1 heterocycles. The largest absolute Gasteiger partial charge is 0.394 e.